The van der Waals surface area contributed by atoms with Gasteiger partial charge in [-0.05, 0) is 33.6 Å². The first-order valence-corrected chi connectivity index (χ1v) is 9.88. The van der Waals surface area contributed by atoms with Crippen LogP contribution in [0.25, 0.3) is 0 Å². The first-order chi connectivity index (χ1) is 10.7. The first kappa shape index (κ1) is 17.0. The van der Waals surface area contributed by atoms with Crippen molar-refractivity contribution in [3.05, 3.63) is 0 Å². The molecule has 132 valence electrons. The van der Waals surface area contributed by atoms with Gasteiger partial charge in [-0.25, -0.2) is 13.2 Å². The molecule has 1 amide bonds. The monoisotopic (exact) mass is 345 g/mol. The second-order valence-corrected chi connectivity index (χ2v) is 9.93. The predicted octanol–water partition coefficient (Wildman–Crippen LogP) is 0.716. The Kier molecular flexibility index (Phi) is 4.35. The molecule has 8 heteroatoms. The first-order valence-electron chi connectivity index (χ1n) is 8.38. The molecule has 0 spiro atoms. The lowest BCUT2D eigenvalue weighted by molar-refractivity contribution is 0.000945. The van der Waals surface area contributed by atoms with E-state index in [2.05, 4.69) is 4.90 Å². The van der Waals surface area contributed by atoms with E-state index in [9.17, 15) is 13.2 Å². The Morgan fingerprint density at radius 3 is 2.09 bits per heavy atom. The summed E-state index contributed by atoms with van der Waals surface area (Å²) < 4.78 is 31.2. The molecule has 0 unspecified atom stereocenters. The minimum Gasteiger partial charge on any atom is -0.444 e. The van der Waals surface area contributed by atoms with Crippen LogP contribution in [0.2, 0.25) is 0 Å². The molecule has 3 rings (SSSR count). The highest BCUT2D eigenvalue weighted by molar-refractivity contribution is 7.90. The Morgan fingerprint density at radius 2 is 1.61 bits per heavy atom. The van der Waals surface area contributed by atoms with Gasteiger partial charge < -0.3 is 9.64 Å². The zero-order valence-corrected chi connectivity index (χ0v) is 15.0. The van der Waals surface area contributed by atoms with Crippen molar-refractivity contribution in [2.45, 2.75) is 50.5 Å². The van der Waals surface area contributed by atoms with Crippen molar-refractivity contribution in [3.63, 3.8) is 0 Å². The predicted molar refractivity (Wildman–Crippen MR) is 86.7 cm³/mol. The molecule has 0 N–H and O–H groups in total. The van der Waals surface area contributed by atoms with Gasteiger partial charge in [0.1, 0.15) is 5.60 Å². The molecule has 0 aromatic heterocycles. The molecule has 2 heterocycles. The minimum atomic E-state index is -3.02. The summed E-state index contributed by atoms with van der Waals surface area (Å²) >= 11 is 0. The average Bonchev–Trinajstić information content (AvgIpc) is 3.19. The molecule has 23 heavy (non-hydrogen) atoms. The summed E-state index contributed by atoms with van der Waals surface area (Å²) in [5.41, 5.74) is -0.472. The molecule has 7 nitrogen and oxygen atoms in total. The van der Waals surface area contributed by atoms with E-state index in [1.54, 1.807) is 9.21 Å². The van der Waals surface area contributed by atoms with Crippen molar-refractivity contribution in [2.75, 3.05) is 39.3 Å². The molecule has 0 aromatic carbocycles. The van der Waals surface area contributed by atoms with Gasteiger partial charge in [0.25, 0.3) is 0 Å². The van der Waals surface area contributed by atoms with E-state index in [1.807, 2.05) is 20.8 Å². The van der Waals surface area contributed by atoms with Crippen LogP contribution in [0, 0.1) is 0 Å². The van der Waals surface area contributed by atoms with Crippen LogP contribution in [0.1, 0.15) is 33.6 Å². The van der Waals surface area contributed by atoms with Gasteiger partial charge in [0.15, 0.2) is 0 Å². The number of hydrogen-bond acceptors (Lipinski definition) is 5. The van der Waals surface area contributed by atoms with E-state index in [0.717, 1.165) is 25.9 Å². The maximum Gasteiger partial charge on any atom is 0.410 e. The van der Waals surface area contributed by atoms with Crippen LogP contribution in [0.5, 0.6) is 0 Å². The van der Waals surface area contributed by atoms with E-state index in [0.29, 0.717) is 32.2 Å². The molecule has 0 radical (unpaired) electrons. The Hall–Kier alpha value is -0.860. The molecule has 0 bridgehead atoms. The summed E-state index contributed by atoms with van der Waals surface area (Å²) in [6, 6.07) is 0.296. The molecule has 2 saturated heterocycles. The van der Waals surface area contributed by atoms with Crippen molar-refractivity contribution >= 4 is 16.1 Å². The third-order valence-corrected chi connectivity index (χ3v) is 6.95. The molecule has 3 fully saturated rings. The van der Waals surface area contributed by atoms with Gasteiger partial charge in [0, 0.05) is 45.3 Å². The van der Waals surface area contributed by atoms with Gasteiger partial charge in [-0.3, -0.25) is 4.90 Å². The number of hydrogen-bond donors (Lipinski definition) is 0. The number of carbonyl (C=O) groups is 1. The van der Waals surface area contributed by atoms with Gasteiger partial charge >= 0.3 is 6.09 Å². The minimum absolute atomic E-state index is 0.118. The van der Waals surface area contributed by atoms with Crippen molar-refractivity contribution in [3.8, 4) is 0 Å². The smallest absolute Gasteiger partial charge is 0.410 e. The van der Waals surface area contributed by atoms with Gasteiger partial charge in [0.2, 0.25) is 10.0 Å². The number of rotatable bonds is 3. The molecule has 3 aliphatic rings. The summed E-state index contributed by atoms with van der Waals surface area (Å²) in [4.78, 5) is 16.1. The number of carbonyl (C=O) groups excluding carboxylic acids is 1. The summed E-state index contributed by atoms with van der Waals surface area (Å²) in [6.45, 7) is 9.64. The third-order valence-electron chi connectivity index (χ3n) is 4.62. The number of piperazine rings is 1. The maximum atomic E-state index is 12.1. The second kappa shape index (κ2) is 5.89. The van der Waals surface area contributed by atoms with Crippen molar-refractivity contribution in [1.29, 1.82) is 0 Å². The summed E-state index contributed by atoms with van der Waals surface area (Å²) in [5.74, 6) is 0. The van der Waals surface area contributed by atoms with Gasteiger partial charge in [0.05, 0.1) is 5.25 Å². The van der Waals surface area contributed by atoms with Crippen LogP contribution < -0.4 is 0 Å². The molecule has 0 atom stereocenters. The van der Waals surface area contributed by atoms with Gasteiger partial charge in [-0.2, -0.15) is 4.31 Å². The van der Waals surface area contributed by atoms with Crippen LogP contribution >= 0.6 is 0 Å². The quantitative estimate of drug-likeness (QED) is 0.754. The van der Waals surface area contributed by atoms with E-state index in [1.165, 1.54) is 0 Å². The highest BCUT2D eigenvalue weighted by Crippen LogP contribution is 2.34. The zero-order chi connectivity index (χ0) is 16.8. The standard InChI is InChI=1S/C15H27N3O4S/c1-15(2,3)22-14(19)17-8-6-16(7-9-17)12-10-18(11-12)23(20,21)13-4-5-13/h12-13H,4-11H2,1-3H3. The number of nitrogens with zero attached hydrogens (tertiary/aromatic N) is 3. The van der Waals surface area contributed by atoms with Crippen LogP contribution in [-0.2, 0) is 14.8 Å². The fourth-order valence-corrected chi connectivity index (χ4v) is 4.94. The summed E-state index contributed by atoms with van der Waals surface area (Å²) in [5, 5.41) is -0.118. The number of amides is 1. The lowest BCUT2D eigenvalue weighted by Gasteiger charge is -2.47. The van der Waals surface area contributed by atoms with Crippen molar-refractivity contribution < 1.29 is 17.9 Å². The van der Waals surface area contributed by atoms with E-state index < -0.39 is 15.6 Å². The van der Waals surface area contributed by atoms with Crippen LogP contribution in [0.15, 0.2) is 0 Å². The molecule has 2 aliphatic heterocycles. The Morgan fingerprint density at radius 1 is 1.04 bits per heavy atom. The van der Waals surface area contributed by atoms with Crippen molar-refractivity contribution in [1.82, 2.24) is 14.1 Å². The third kappa shape index (κ3) is 3.80. The molecule has 1 saturated carbocycles. The highest BCUT2D eigenvalue weighted by atomic mass is 32.2. The summed E-state index contributed by atoms with van der Waals surface area (Å²) in [7, 11) is -3.02. The van der Waals surface area contributed by atoms with Gasteiger partial charge in [-0.15, -0.1) is 0 Å². The summed E-state index contributed by atoms with van der Waals surface area (Å²) in [6.07, 6.45) is 1.37. The zero-order valence-electron chi connectivity index (χ0n) is 14.2. The molecular weight excluding hydrogens is 318 g/mol. The Bertz CT molecular complexity index is 554. The lowest BCUT2D eigenvalue weighted by atomic mass is 10.1. The average molecular weight is 345 g/mol. The van der Waals surface area contributed by atoms with E-state index in [4.69, 9.17) is 4.74 Å². The second-order valence-electron chi connectivity index (χ2n) is 7.72. The highest BCUT2D eigenvalue weighted by Gasteiger charge is 2.46. The topological polar surface area (TPSA) is 70.2 Å². The van der Waals surface area contributed by atoms with Gasteiger partial charge in [-0.1, -0.05) is 0 Å². The van der Waals surface area contributed by atoms with Crippen LogP contribution in [-0.4, -0.2) is 84.8 Å². The molecule has 0 aromatic rings. The fraction of sp³-hybridized carbons (Fsp3) is 0.933. The lowest BCUT2D eigenvalue weighted by Crippen LogP contribution is -2.64. The SMILES string of the molecule is CC(C)(C)OC(=O)N1CCN(C2CN(S(=O)(=O)C3CC3)C2)CC1. The fourth-order valence-electron chi connectivity index (χ4n) is 3.03. The number of sulfonamides is 1. The maximum absolute atomic E-state index is 12.1. The van der Waals surface area contributed by atoms with Crippen molar-refractivity contribution in [2.24, 2.45) is 0 Å². The van der Waals surface area contributed by atoms with E-state index in [-0.39, 0.29) is 11.3 Å². The normalized spacial score (nSPS) is 25.3. The Labute approximate surface area is 138 Å². The van der Waals surface area contributed by atoms with E-state index >= 15 is 0 Å². The van der Waals surface area contributed by atoms with Crippen LogP contribution in [0.4, 0.5) is 4.79 Å². The van der Waals surface area contributed by atoms with Crippen LogP contribution in [0.3, 0.4) is 0 Å². The molecular formula is C15H27N3O4S. The number of ether oxygens (including phenoxy) is 1. The molecule has 1 aliphatic carbocycles. The largest absolute Gasteiger partial charge is 0.444 e. The Balaban J connectivity index is 1.43.